The number of fused-ring (bicyclic) bond motifs is 3. The Morgan fingerprint density at radius 3 is 2.76 bits per heavy atom. The molecule has 0 radical (unpaired) electrons. The highest BCUT2D eigenvalue weighted by atomic mass is 16.5. The summed E-state index contributed by atoms with van der Waals surface area (Å²) in [6.45, 7) is 0.251. The maximum atomic E-state index is 12.3. The Kier molecular flexibility index (Phi) is 3.92. The van der Waals surface area contributed by atoms with Crippen LogP contribution in [-0.2, 0) is 20.7 Å². The summed E-state index contributed by atoms with van der Waals surface area (Å²) in [5, 5.41) is 0. The molecule has 1 saturated heterocycles. The molecule has 0 amide bonds. The Morgan fingerprint density at radius 2 is 1.95 bits per heavy atom. The van der Waals surface area contributed by atoms with Crippen molar-refractivity contribution >= 4 is 11.8 Å². The maximum absolute atomic E-state index is 12.3. The summed E-state index contributed by atoms with van der Waals surface area (Å²) < 4.78 is 16.5. The zero-order valence-corrected chi connectivity index (χ0v) is 12.0. The van der Waals surface area contributed by atoms with Crippen molar-refractivity contribution < 1.29 is 23.8 Å². The van der Waals surface area contributed by atoms with E-state index >= 15 is 0 Å². The number of rotatable bonds is 1. The third kappa shape index (κ3) is 2.93. The molecule has 5 nitrogen and oxygen atoms in total. The number of cyclic esters (lactones) is 1. The van der Waals surface area contributed by atoms with E-state index in [1.165, 1.54) is 7.11 Å². The first-order valence-electron chi connectivity index (χ1n) is 7.17. The summed E-state index contributed by atoms with van der Waals surface area (Å²) in [5.74, 6) is 0.345. The summed E-state index contributed by atoms with van der Waals surface area (Å²) in [5.41, 5.74) is 1.25. The van der Waals surface area contributed by atoms with Crippen molar-refractivity contribution in [3.05, 3.63) is 29.3 Å². The van der Waals surface area contributed by atoms with Gasteiger partial charge in [0.05, 0.1) is 25.9 Å². The van der Waals surface area contributed by atoms with E-state index in [1.54, 1.807) is 6.07 Å². The van der Waals surface area contributed by atoms with Gasteiger partial charge in [-0.1, -0.05) is 12.1 Å². The topological polar surface area (TPSA) is 61.8 Å². The first-order chi connectivity index (χ1) is 10.2. The van der Waals surface area contributed by atoms with Gasteiger partial charge in [0.2, 0.25) is 0 Å². The van der Waals surface area contributed by atoms with E-state index in [-0.39, 0.29) is 30.6 Å². The van der Waals surface area contributed by atoms with Crippen LogP contribution in [0.15, 0.2) is 18.2 Å². The molecule has 112 valence electrons. The highest BCUT2D eigenvalue weighted by Crippen LogP contribution is 2.29. The van der Waals surface area contributed by atoms with Gasteiger partial charge >= 0.3 is 5.97 Å². The highest BCUT2D eigenvalue weighted by molar-refractivity contribution is 5.94. The Balaban J connectivity index is 1.98. The number of carbonyl (C=O) groups excluding carboxylic acids is 2. The zero-order valence-electron chi connectivity index (χ0n) is 12.0. The predicted octanol–water partition coefficient (Wildman–Crippen LogP) is 1.91. The molecule has 2 atom stereocenters. The van der Waals surface area contributed by atoms with E-state index in [4.69, 9.17) is 14.2 Å². The molecule has 1 aromatic rings. The van der Waals surface area contributed by atoms with Crippen molar-refractivity contribution in [2.24, 2.45) is 0 Å². The number of hydrogen-bond donors (Lipinski definition) is 0. The SMILES string of the molecule is COc1cccc2c1C(=O)OCC[C@H]1CC(=O)C[C@@H](C2)O1. The molecule has 1 aromatic carbocycles. The molecule has 0 aliphatic carbocycles. The van der Waals surface area contributed by atoms with Gasteiger partial charge in [-0.25, -0.2) is 4.79 Å². The molecule has 0 unspecified atom stereocenters. The number of benzene rings is 1. The van der Waals surface area contributed by atoms with Gasteiger partial charge in [-0.05, 0) is 11.6 Å². The minimum Gasteiger partial charge on any atom is -0.496 e. The van der Waals surface area contributed by atoms with Crippen LogP contribution in [0.4, 0.5) is 0 Å². The van der Waals surface area contributed by atoms with Gasteiger partial charge in [0.1, 0.15) is 17.1 Å². The van der Waals surface area contributed by atoms with E-state index in [0.717, 1.165) is 5.56 Å². The summed E-state index contributed by atoms with van der Waals surface area (Å²) in [4.78, 5) is 24.1. The number of ketones is 1. The quantitative estimate of drug-likeness (QED) is 0.739. The second-order valence-corrected chi connectivity index (χ2v) is 5.45. The van der Waals surface area contributed by atoms with Crippen molar-refractivity contribution in [2.75, 3.05) is 13.7 Å². The van der Waals surface area contributed by atoms with Crippen LogP contribution < -0.4 is 4.74 Å². The lowest BCUT2D eigenvalue weighted by molar-refractivity contribution is -0.136. The van der Waals surface area contributed by atoms with Crippen LogP contribution in [-0.4, -0.2) is 37.7 Å². The van der Waals surface area contributed by atoms with Crippen LogP contribution >= 0.6 is 0 Å². The Labute approximate surface area is 123 Å². The number of ether oxygens (including phenoxy) is 3. The molecule has 3 rings (SSSR count). The largest absolute Gasteiger partial charge is 0.496 e. The van der Waals surface area contributed by atoms with E-state index in [1.807, 2.05) is 12.1 Å². The molecule has 0 N–H and O–H groups in total. The molecule has 2 bridgehead atoms. The molecular weight excluding hydrogens is 272 g/mol. The summed E-state index contributed by atoms with van der Waals surface area (Å²) in [6.07, 6.45) is 1.58. The second-order valence-electron chi connectivity index (χ2n) is 5.45. The minimum atomic E-state index is -0.367. The zero-order chi connectivity index (χ0) is 14.8. The van der Waals surface area contributed by atoms with Gasteiger partial charge in [0.15, 0.2) is 0 Å². The standard InChI is InChI=1S/C16H18O5/c1-19-14-4-2-3-10-7-13-9-11(17)8-12(21-13)5-6-20-16(18)15(10)14/h2-4,12-13H,5-9H2,1H3/t12-,13+/m0/s1. The van der Waals surface area contributed by atoms with Gasteiger partial charge in [0, 0.05) is 25.7 Å². The smallest absolute Gasteiger partial charge is 0.342 e. The lowest BCUT2D eigenvalue weighted by atomic mass is 9.93. The van der Waals surface area contributed by atoms with Gasteiger partial charge < -0.3 is 14.2 Å². The van der Waals surface area contributed by atoms with Crippen molar-refractivity contribution in [1.29, 1.82) is 0 Å². The fraction of sp³-hybridized carbons (Fsp3) is 0.500. The van der Waals surface area contributed by atoms with Crippen molar-refractivity contribution in [2.45, 2.75) is 37.9 Å². The number of Topliss-reactive ketones (excluding diaryl/α,β-unsaturated/α-hetero) is 1. The van der Waals surface area contributed by atoms with Gasteiger partial charge in [0.25, 0.3) is 0 Å². The number of hydrogen-bond acceptors (Lipinski definition) is 5. The van der Waals surface area contributed by atoms with Crippen molar-refractivity contribution in [3.8, 4) is 5.75 Å². The monoisotopic (exact) mass is 290 g/mol. The molecule has 2 aliphatic heterocycles. The van der Waals surface area contributed by atoms with E-state index < -0.39 is 0 Å². The Bertz CT molecular complexity index is 566. The van der Waals surface area contributed by atoms with Crippen LogP contribution in [0.3, 0.4) is 0 Å². The van der Waals surface area contributed by atoms with Crippen LogP contribution in [0.2, 0.25) is 0 Å². The van der Waals surface area contributed by atoms with E-state index in [9.17, 15) is 9.59 Å². The molecule has 21 heavy (non-hydrogen) atoms. The molecule has 2 heterocycles. The minimum absolute atomic E-state index is 0.142. The molecule has 0 aromatic heterocycles. The third-order valence-corrected chi connectivity index (χ3v) is 3.95. The summed E-state index contributed by atoms with van der Waals surface area (Å²) in [7, 11) is 1.53. The normalized spacial score (nSPS) is 25.8. The second kappa shape index (κ2) is 5.85. The van der Waals surface area contributed by atoms with Crippen molar-refractivity contribution in [3.63, 3.8) is 0 Å². The predicted molar refractivity (Wildman–Crippen MR) is 74.5 cm³/mol. The lowest BCUT2D eigenvalue weighted by Gasteiger charge is -2.31. The third-order valence-electron chi connectivity index (χ3n) is 3.95. The summed E-state index contributed by atoms with van der Waals surface area (Å²) in [6, 6.07) is 5.43. The molecular formula is C16H18O5. The molecule has 2 aliphatic rings. The molecule has 0 saturated carbocycles. The average molecular weight is 290 g/mol. The van der Waals surface area contributed by atoms with Gasteiger partial charge in [-0.3, -0.25) is 4.79 Å². The Morgan fingerprint density at radius 1 is 1.14 bits per heavy atom. The van der Waals surface area contributed by atoms with Gasteiger partial charge in [-0.15, -0.1) is 0 Å². The van der Waals surface area contributed by atoms with Crippen LogP contribution in [0.25, 0.3) is 0 Å². The van der Waals surface area contributed by atoms with Crippen molar-refractivity contribution in [1.82, 2.24) is 0 Å². The molecule has 1 fully saturated rings. The van der Waals surface area contributed by atoms with E-state index in [0.29, 0.717) is 37.0 Å². The van der Waals surface area contributed by atoms with Crippen LogP contribution in [0, 0.1) is 0 Å². The highest BCUT2D eigenvalue weighted by Gasteiger charge is 2.31. The van der Waals surface area contributed by atoms with E-state index in [2.05, 4.69) is 0 Å². The Hall–Kier alpha value is -1.88. The molecule has 0 spiro atoms. The maximum Gasteiger partial charge on any atom is 0.342 e. The fourth-order valence-electron chi connectivity index (χ4n) is 3.00. The van der Waals surface area contributed by atoms with Gasteiger partial charge in [-0.2, -0.15) is 0 Å². The van der Waals surface area contributed by atoms with Crippen LogP contribution in [0.5, 0.6) is 5.75 Å². The first-order valence-corrected chi connectivity index (χ1v) is 7.17. The fourth-order valence-corrected chi connectivity index (χ4v) is 3.00. The average Bonchev–Trinajstić information content (AvgIpc) is 2.45. The lowest BCUT2D eigenvalue weighted by Crippen LogP contribution is -2.36. The first kappa shape index (κ1) is 14.1. The number of methoxy groups -OCH3 is 1. The molecule has 5 heteroatoms. The number of carbonyl (C=O) groups is 2. The van der Waals surface area contributed by atoms with Crippen LogP contribution in [0.1, 0.15) is 35.2 Å². The number of esters is 1. The summed E-state index contributed by atoms with van der Waals surface area (Å²) >= 11 is 0.